The maximum atomic E-state index is 13.6. The van der Waals surface area contributed by atoms with Gasteiger partial charge in [-0.25, -0.2) is 0 Å². The van der Waals surface area contributed by atoms with Gasteiger partial charge >= 0.3 is 0 Å². The summed E-state index contributed by atoms with van der Waals surface area (Å²) in [6.07, 6.45) is 15.8. The molecule has 5 nitrogen and oxygen atoms in total. The maximum Gasteiger partial charge on any atom is 0.246 e. The number of ether oxygens (including phenoxy) is 1. The van der Waals surface area contributed by atoms with Gasteiger partial charge in [0.05, 0.1) is 6.10 Å². The predicted molar refractivity (Wildman–Crippen MR) is 162 cm³/mol. The van der Waals surface area contributed by atoms with Gasteiger partial charge in [-0.15, -0.1) is 0 Å². The Morgan fingerprint density at radius 3 is 2.60 bits per heavy atom. The van der Waals surface area contributed by atoms with Gasteiger partial charge in [0.1, 0.15) is 17.6 Å². The predicted octanol–water partition coefficient (Wildman–Crippen LogP) is 7.39. The molecule has 1 fully saturated rings. The number of Topliss-reactive ketones (excluding diaryl/α,β-unsaturated/α-hetero) is 1. The number of benzene rings is 2. The number of hydrogen-bond acceptors (Lipinski definition) is 4. The number of carbonyl (C=O) groups excluding carboxylic acids is 2. The molecule has 2 aromatic rings. The quantitative estimate of drug-likeness (QED) is 0.300. The van der Waals surface area contributed by atoms with E-state index < -0.39 is 6.04 Å². The highest BCUT2D eigenvalue weighted by Crippen LogP contribution is 2.29. The maximum absolute atomic E-state index is 13.6. The first-order valence-electron chi connectivity index (χ1n) is 14.6. The Morgan fingerprint density at radius 1 is 1.05 bits per heavy atom. The minimum atomic E-state index is -0.489. The van der Waals surface area contributed by atoms with Crippen molar-refractivity contribution < 1.29 is 14.3 Å². The molecule has 4 rings (SSSR count). The molecule has 3 unspecified atom stereocenters. The van der Waals surface area contributed by atoms with Crippen molar-refractivity contribution in [1.82, 2.24) is 10.6 Å². The standard InChI is InChI=1S/C34H41ClN2O3/c1-2-9-27-24-31(20-21-32(27)38)40-30-13-8-4-7-12-29(18-19-30)37-34(39)33(26-10-5-3-6-11-26)36-23-22-25-14-16-28(35)17-15-25/h3,5-6,10-19,27,31,33,36H,2,4,7-9,20-24H2,1H3,(H,37,39)/b19-18?,29-12-,30-13?. The summed E-state index contributed by atoms with van der Waals surface area (Å²) in [6.45, 7) is 2.77. The van der Waals surface area contributed by atoms with Gasteiger partial charge in [0.15, 0.2) is 0 Å². The zero-order valence-electron chi connectivity index (χ0n) is 23.4. The molecule has 0 heterocycles. The monoisotopic (exact) mass is 560 g/mol. The van der Waals surface area contributed by atoms with Gasteiger partial charge in [-0.1, -0.05) is 73.5 Å². The van der Waals surface area contributed by atoms with E-state index >= 15 is 0 Å². The third kappa shape index (κ3) is 9.21. The van der Waals surface area contributed by atoms with Crippen molar-refractivity contribution in [1.29, 1.82) is 0 Å². The number of rotatable bonds is 11. The largest absolute Gasteiger partial charge is 0.491 e. The van der Waals surface area contributed by atoms with Crippen molar-refractivity contribution in [2.45, 2.75) is 76.9 Å². The molecule has 2 aliphatic rings. The van der Waals surface area contributed by atoms with Crippen molar-refractivity contribution >= 4 is 23.3 Å². The number of carbonyl (C=O) groups is 2. The second-order valence-corrected chi connectivity index (χ2v) is 11.1. The summed E-state index contributed by atoms with van der Waals surface area (Å²) in [7, 11) is 0. The normalized spacial score (nSPS) is 21.7. The van der Waals surface area contributed by atoms with E-state index in [-0.39, 0.29) is 17.9 Å². The molecule has 6 heteroatoms. The van der Waals surface area contributed by atoms with Gasteiger partial charge in [-0.05, 0) is 86.4 Å². The lowest BCUT2D eigenvalue weighted by atomic mass is 9.83. The van der Waals surface area contributed by atoms with Crippen molar-refractivity contribution in [3.05, 3.63) is 107 Å². The molecule has 0 saturated heterocycles. The number of nitrogens with one attached hydrogen (secondary N) is 2. The summed E-state index contributed by atoms with van der Waals surface area (Å²) in [5.41, 5.74) is 2.85. The number of halogens is 1. The zero-order chi connectivity index (χ0) is 28.2. The fourth-order valence-electron chi connectivity index (χ4n) is 5.34. The zero-order valence-corrected chi connectivity index (χ0v) is 24.2. The SMILES string of the molecule is CCCC1CC(OC2=CCCC/C=C(\NC(=O)C(NCCc3ccc(Cl)cc3)c3ccccc3)C=C2)CCC1=O. The summed E-state index contributed by atoms with van der Waals surface area (Å²) in [5, 5.41) is 7.32. The molecule has 212 valence electrons. The van der Waals surface area contributed by atoms with Crippen LogP contribution in [0.2, 0.25) is 5.02 Å². The molecule has 0 spiro atoms. The van der Waals surface area contributed by atoms with E-state index in [1.54, 1.807) is 0 Å². The molecule has 0 aromatic heterocycles. The Hall–Kier alpha value is -3.15. The molecule has 1 amide bonds. The van der Waals surface area contributed by atoms with Gasteiger partial charge < -0.3 is 15.4 Å². The molecular formula is C34H41ClN2O3. The number of allylic oxidation sites excluding steroid dienone is 4. The fourth-order valence-corrected chi connectivity index (χ4v) is 5.47. The van der Waals surface area contributed by atoms with Gasteiger partial charge in [0.25, 0.3) is 0 Å². The van der Waals surface area contributed by atoms with Crippen LogP contribution in [0.5, 0.6) is 0 Å². The van der Waals surface area contributed by atoms with E-state index in [4.69, 9.17) is 16.3 Å². The fraction of sp³-hybridized carbons (Fsp3) is 0.412. The summed E-state index contributed by atoms with van der Waals surface area (Å²) < 4.78 is 6.38. The molecule has 0 bridgehead atoms. The van der Waals surface area contributed by atoms with Crippen molar-refractivity contribution in [3.8, 4) is 0 Å². The third-order valence-corrected chi connectivity index (χ3v) is 7.79. The van der Waals surface area contributed by atoms with E-state index in [0.29, 0.717) is 23.8 Å². The van der Waals surface area contributed by atoms with Crippen LogP contribution in [-0.2, 0) is 20.7 Å². The van der Waals surface area contributed by atoms with Crippen LogP contribution in [0.3, 0.4) is 0 Å². The minimum absolute atomic E-state index is 0.0558. The average Bonchev–Trinajstić information content (AvgIpc) is 3.07. The number of hydrogen-bond donors (Lipinski definition) is 2. The first kappa shape index (κ1) is 29.8. The second kappa shape index (κ2) is 15.6. The van der Waals surface area contributed by atoms with Crippen LogP contribution >= 0.6 is 11.6 Å². The summed E-state index contributed by atoms with van der Waals surface area (Å²) in [6, 6.07) is 17.1. The molecular weight excluding hydrogens is 520 g/mol. The van der Waals surface area contributed by atoms with Crippen LogP contribution in [0.15, 0.2) is 90.4 Å². The molecule has 0 aliphatic heterocycles. The summed E-state index contributed by atoms with van der Waals surface area (Å²) >= 11 is 6.02. The lowest BCUT2D eigenvalue weighted by Gasteiger charge is -2.29. The number of ketones is 1. The Labute approximate surface area is 243 Å². The first-order chi connectivity index (χ1) is 19.5. The molecule has 2 N–H and O–H groups in total. The molecule has 1 saturated carbocycles. The third-order valence-electron chi connectivity index (χ3n) is 7.54. The van der Waals surface area contributed by atoms with Crippen molar-refractivity contribution in [2.75, 3.05) is 6.54 Å². The highest BCUT2D eigenvalue weighted by molar-refractivity contribution is 6.30. The lowest BCUT2D eigenvalue weighted by molar-refractivity contribution is -0.127. The van der Waals surface area contributed by atoms with Gasteiger partial charge in [-0.3, -0.25) is 9.59 Å². The van der Waals surface area contributed by atoms with Gasteiger partial charge in [-0.2, -0.15) is 0 Å². The van der Waals surface area contributed by atoms with Crippen LogP contribution in [0.4, 0.5) is 0 Å². The van der Waals surface area contributed by atoms with Crippen molar-refractivity contribution in [2.24, 2.45) is 5.92 Å². The van der Waals surface area contributed by atoms with E-state index in [9.17, 15) is 9.59 Å². The van der Waals surface area contributed by atoms with E-state index in [0.717, 1.165) is 73.9 Å². The summed E-state index contributed by atoms with van der Waals surface area (Å²) in [4.78, 5) is 25.8. The first-order valence-corrected chi connectivity index (χ1v) is 15.0. The Bertz CT molecular complexity index is 1200. The molecule has 2 aliphatic carbocycles. The van der Waals surface area contributed by atoms with Gasteiger partial charge in [0, 0.05) is 29.6 Å². The lowest BCUT2D eigenvalue weighted by Crippen LogP contribution is -2.37. The van der Waals surface area contributed by atoms with Crippen LogP contribution < -0.4 is 10.6 Å². The van der Waals surface area contributed by atoms with Crippen LogP contribution in [0.1, 0.15) is 75.5 Å². The Kier molecular flexibility index (Phi) is 11.6. The smallest absolute Gasteiger partial charge is 0.246 e. The van der Waals surface area contributed by atoms with E-state index in [1.165, 1.54) is 0 Å². The van der Waals surface area contributed by atoms with Crippen molar-refractivity contribution in [3.63, 3.8) is 0 Å². The van der Waals surface area contributed by atoms with Crippen LogP contribution in [0.25, 0.3) is 0 Å². The number of amides is 1. The highest BCUT2D eigenvalue weighted by atomic mass is 35.5. The van der Waals surface area contributed by atoms with Crippen LogP contribution in [-0.4, -0.2) is 24.3 Å². The van der Waals surface area contributed by atoms with Gasteiger partial charge in [0.2, 0.25) is 5.91 Å². The minimum Gasteiger partial charge on any atom is -0.491 e. The molecule has 3 atom stereocenters. The molecule has 0 radical (unpaired) electrons. The Morgan fingerprint density at radius 2 is 1.82 bits per heavy atom. The summed E-state index contributed by atoms with van der Waals surface area (Å²) in [5.74, 6) is 1.21. The van der Waals surface area contributed by atoms with Crippen LogP contribution in [0, 0.1) is 5.92 Å². The van der Waals surface area contributed by atoms with E-state index in [1.807, 2.05) is 66.7 Å². The highest BCUT2D eigenvalue weighted by Gasteiger charge is 2.29. The topological polar surface area (TPSA) is 67.4 Å². The molecule has 40 heavy (non-hydrogen) atoms. The second-order valence-electron chi connectivity index (χ2n) is 10.7. The molecule has 2 aromatic carbocycles. The Balaban J connectivity index is 1.39. The average molecular weight is 561 g/mol. The van der Waals surface area contributed by atoms with E-state index in [2.05, 4.69) is 29.7 Å².